The van der Waals surface area contributed by atoms with Crippen LogP contribution in [0.5, 0.6) is 5.75 Å². The van der Waals surface area contributed by atoms with Crippen molar-refractivity contribution in [1.82, 2.24) is 10.0 Å². The van der Waals surface area contributed by atoms with E-state index in [1.165, 1.54) is 13.1 Å². The van der Waals surface area contributed by atoms with E-state index in [1.54, 1.807) is 6.07 Å². The van der Waals surface area contributed by atoms with Gasteiger partial charge in [-0.1, -0.05) is 25.1 Å². The van der Waals surface area contributed by atoms with Crippen molar-refractivity contribution in [2.75, 3.05) is 13.7 Å². The molecule has 0 spiro atoms. The predicted octanol–water partition coefficient (Wildman–Crippen LogP) is 1.91. The normalized spacial score (nSPS) is 11.2. The summed E-state index contributed by atoms with van der Waals surface area (Å²) in [7, 11) is -2.08. The summed E-state index contributed by atoms with van der Waals surface area (Å²) < 4.78 is 31.4. The van der Waals surface area contributed by atoms with Gasteiger partial charge in [0.1, 0.15) is 9.96 Å². The van der Waals surface area contributed by atoms with Gasteiger partial charge in [0.25, 0.3) is 5.91 Å². The van der Waals surface area contributed by atoms with Crippen LogP contribution in [0.25, 0.3) is 0 Å². The Kier molecular flexibility index (Phi) is 6.36. The van der Waals surface area contributed by atoms with Gasteiger partial charge in [-0.05, 0) is 37.2 Å². The Labute approximate surface area is 145 Å². The molecule has 1 aromatic heterocycles. The maximum Gasteiger partial charge on any atom is 0.258 e. The Balaban J connectivity index is 1.86. The summed E-state index contributed by atoms with van der Waals surface area (Å²) in [6.07, 6.45) is 0.829. The van der Waals surface area contributed by atoms with Gasteiger partial charge in [-0.3, -0.25) is 4.79 Å². The number of carbonyl (C=O) groups is 1. The molecule has 0 aliphatic rings. The fraction of sp³-hybridized carbons (Fsp3) is 0.312. The van der Waals surface area contributed by atoms with Crippen LogP contribution in [0.2, 0.25) is 0 Å². The lowest BCUT2D eigenvalue weighted by Gasteiger charge is -2.10. The number of para-hydroxylation sites is 1. The molecule has 1 aromatic carbocycles. The van der Waals surface area contributed by atoms with Crippen molar-refractivity contribution in [3.05, 3.63) is 46.8 Å². The van der Waals surface area contributed by atoms with E-state index >= 15 is 0 Å². The van der Waals surface area contributed by atoms with Crippen LogP contribution in [0.1, 0.15) is 17.4 Å². The summed E-state index contributed by atoms with van der Waals surface area (Å²) in [5, 5.41) is 2.72. The third-order valence-electron chi connectivity index (χ3n) is 3.34. The molecule has 130 valence electrons. The van der Waals surface area contributed by atoms with Crippen molar-refractivity contribution < 1.29 is 17.9 Å². The van der Waals surface area contributed by atoms with Crippen LogP contribution in [0.15, 0.2) is 40.6 Å². The summed E-state index contributed by atoms with van der Waals surface area (Å²) in [6.45, 7) is 2.21. The second-order valence-corrected chi connectivity index (χ2v) is 8.24. The van der Waals surface area contributed by atoms with E-state index in [0.717, 1.165) is 28.2 Å². The molecule has 2 N–H and O–H groups in total. The van der Waals surface area contributed by atoms with Crippen molar-refractivity contribution in [3.8, 4) is 5.75 Å². The fourth-order valence-corrected chi connectivity index (χ4v) is 4.15. The van der Waals surface area contributed by atoms with Crippen LogP contribution in [0.4, 0.5) is 0 Å². The third kappa shape index (κ3) is 4.80. The summed E-state index contributed by atoms with van der Waals surface area (Å²) in [5.74, 6) is 0.445. The fourth-order valence-electron chi connectivity index (χ4n) is 2.02. The number of nitrogens with one attached hydrogen (secondary N) is 2. The molecule has 0 saturated carbocycles. The number of benzene rings is 1. The number of thiophene rings is 1. The third-order valence-corrected chi connectivity index (χ3v) is 6.33. The number of hydrogen-bond acceptors (Lipinski definition) is 5. The second-order valence-electron chi connectivity index (χ2n) is 4.95. The lowest BCUT2D eigenvalue weighted by atomic mass is 10.1. The van der Waals surface area contributed by atoms with Crippen LogP contribution in [-0.2, 0) is 27.8 Å². The molecule has 8 heteroatoms. The minimum Gasteiger partial charge on any atom is -0.483 e. The highest BCUT2D eigenvalue weighted by Crippen LogP contribution is 2.21. The first-order valence-corrected chi connectivity index (χ1v) is 9.76. The average molecular weight is 368 g/mol. The number of hydrogen-bond donors (Lipinski definition) is 2. The number of aryl methyl sites for hydroxylation is 1. The molecule has 6 nitrogen and oxygen atoms in total. The highest BCUT2D eigenvalue weighted by Gasteiger charge is 2.14. The van der Waals surface area contributed by atoms with Crippen LogP contribution >= 0.6 is 11.3 Å². The standard InChI is InChI=1S/C16H20N2O4S2/c1-3-12-6-4-5-7-14(12)22-11-15(19)18-10-13-8-9-16(23-13)24(20,21)17-2/h4-9,17H,3,10-11H2,1-2H3,(H,18,19). The van der Waals surface area contributed by atoms with Crippen molar-refractivity contribution in [2.24, 2.45) is 0 Å². The molecule has 0 radical (unpaired) electrons. The maximum atomic E-state index is 11.9. The SMILES string of the molecule is CCc1ccccc1OCC(=O)NCc1ccc(S(=O)(=O)NC)s1. The van der Waals surface area contributed by atoms with Crippen molar-refractivity contribution in [3.63, 3.8) is 0 Å². The molecule has 0 atom stereocenters. The molecule has 1 amide bonds. The smallest absolute Gasteiger partial charge is 0.258 e. The van der Waals surface area contributed by atoms with Crippen LogP contribution in [0.3, 0.4) is 0 Å². The summed E-state index contributed by atoms with van der Waals surface area (Å²) in [4.78, 5) is 12.6. The Bertz CT molecular complexity index is 800. The zero-order valence-corrected chi connectivity index (χ0v) is 15.2. The van der Waals surface area contributed by atoms with Crippen LogP contribution in [-0.4, -0.2) is 28.0 Å². The Hall–Kier alpha value is -1.90. The molecule has 2 aromatic rings. The van der Waals surface area contributed by atoms with E-state index in [0.29, 0.717) is 5.75 Å². The average Bonchev–Trinajstić information content (AvgIpc) is 3.08. The first kappa shape index (κ1) is 18.4. The van der Waals surface area contributed by atoms with E-state index in [2.05, 4.69) is 10.0 Å². The largest absolute Gasteiger partial charge is 0.483 e. The summed E-state index contributed by atoms with van der Waals surface area (Å²) in [5.41, 5.74) is 1.05. The molecule has 0 bridgehead atoms. The minimum absolute atomic E-state index is 0.0793. The van der Waals surface area contributed by atoms with E-state index in [1.807, 2.05) is 31.2 Å². The highest BCUT2D eigenvalue weighted by molar-refractivity contribution is 7.91. The van der Waals surface area contributed by atoms with Crippen LogP contribution < -0.4 is 14.8 Å². The number of rotatable bonds is 8. The van der Waals surface area contributed by atoms with Gasteiger partial charge in [0.15, 0.2) is 6.61 Å². The van der Waals surface area contributed by atoms with Gasteiger partial charge < -0.3 is 10.1 Å². The quantitative estimate of drug-likeness (QED) is 0.745. The van der Waals surface area contributed by atoms with E-state index < -0.39 is 10.0 Å². The molecule has 24 heavy (non-hydrogen) atoms. The zero-order chi connectivity index (χ0) is 17.6. The van der Waals surface area contributed by atoms with Gasteiger partial charge in [-0.2, -0.15) is 0 Å². The number of sulfonamides is 1. The van der Waals surface area contributed by atoms with Crippen LogP contribution in [0, 0.1) is 0 Å². The molecular weight excluding hydrogens is 348 g/mol. The predicted molar refractivity (Wildman–Crippen MR) is 93.7 cm³/mol. The molecule has 0 saturated heterocycles. The summed E-state index contributed by atoms with van der Waals surface area (Å²) in [6, 6.07) is 10.8. The van der Waals surface area contributed by atoms with E-state index in [4.69, 9.17) is 4.74 Å². The lowest BCUT2D eigenvalue weighted by Crippen LogP contribution is -2.28. The monoisotopic (exact) mass is 368 g/mol. The molecule has 1 heterocycles. The number of ether oxygens (including phenoxy) is 1. The van der Waals surface area contributed by atoms with Gasteiger partial charge in [0, 0.05) is 4.88 Å². The lowest BCUT2D eigenvalue weighted by molar-refractivity contribution is -0.123. The zero-order valence-electron chi connectivity index (χ0n) is 13.5. The molecular formula is C16H20N2O4S2. The first-order valence-electron chi connectivity index (χ1n) is 7.46. The number of amides is 1. The minimum atomic E-state index is -3.44. The Morgan fingerprint density at radius 1 is 1.21 bits per heavy atom. The van der Waals surface area contributed by atoms with Gasteiger partial charge >= 0.3 is 0 Å². The van der Waals surface area contributed by atoms with Crippen molar-refractivity contribution in [1.29, 1.82) is 0 Å². The van der Waals surface area contributed by atoms with Gasteiger partial charge in [0.2, 0.25) is 10.0 Å². The molecule has 0 unspecified atom stereocenters. The highest BCUT2D eigenvalue weighted by atomic mass is 32.2. The van der Waals surface area contributed by atoms with E-state index in [-0.39, 0.29) is 23.3 Å². The molecule has 2 rings (SSSR count). The van der Waals surface area contributed by atoms with Crippen molar-refractivity contribution >= 4 is 27.3 Å². The summed E-state index contributed by atoms with van der Waals surface area (Å²) >= 11 is 1.12. The Morgan fingerprint density at radius 2 is 1.96 bits per heavy atom. The van der Waals surface area contributed by atoms with Crippen molar-refractivity contribution in [2.45, 2.75) is 24.1 Å². The molecule has 0 aliphatic heterocycles. The number of carbonyl (C=O) groups excluding carboxylic acids is 1. The van der Waals surface area contributed by atoms with Gasteiger partial charge in [-0.25, -0.2) is 13.1 Å². The topological polar surface area (TPSA) is 84.5 Å². The molecule has 0 aliphatic carbocycles. The van der Waals surface area contributed by atoms with E-state index in [9.17, 15) is 13.2 Å². The van der Waals surface area contributed by atoms with Gasteiger partial charge in [0.05, 0.1) is 6.54 Å². The first-order chi connectivity index (χ1) is 11.5. The molecule has 0 fully saturated rings. The van der Waals surface area contributed by atoms with Gasteiger partial charge in [-0.15, -0.1) is 11.3 Å². The Morgan fingerprint density at radius 3 is 2.67 bits per heavy atom. The second kappa shape index (κ2) is 8.27. The maximum absolute atomic E-state index is 11.9.